The summed E-state index contributed by atoms with van der Waals surface area (Å²) in [6.45, 7) is 3.66. The minimum Gasteiger partial charge on any atom is -0.293 e. The van der Waals surface area contributed by atoms with E-state index in [0.717, 1.165) is 11.1 Å². The van der Waals surface area contributed by atoms with E-state index in [4.69, 9.17) is 11.6 Å². The first-order valence-electron chi connectivity index (χ1n) is 6.38. The molecule has 0 N–H and O–H groups in total. The molecule has 0 radical (unpaired) electrons. The average molecular weight is 323 g/mol. The number of sulfone groups is 1. The summed E-state index contributed by atoms with van der Waals surface area (Å²) in [6.07, 6.45) is 0. The summed E-state index contributed by atoms with van der Waals surface area (Å²) in [5.41, 5.74) is 2.15. The standard InChI is InChI=1S/C16H15ClO3S/c1-11-3-4-12(2)15(9-11)16(18)10-21(19,20)14-7-5-13(17)6-8-14/h3-9H,10H2,1-2H3. The molecule has 0 amide bonds. The van der Waals surface area contributed by atoms with Crippen molar-refractivity contribution >= 4 is 27.2 Å². The molecule has 0 heterocycles. The number of ketones is 1. The van der Waals surface area contributed by atoms with Crippen LogP contribution in [0.1, 0.15) is 21.5 Å². The van der Waals surface area contributed by atoms with Gasteiger partial charge in [0.2, 0.25) is 0 Å². The molecule has 0 saturated heterocycles. The molecule has 5 heteroatoms. The Hall–Kier alpha value is -1.65. The first kappa shape index (κ1) is 15.7. The van der Waals surface area contributed by atoms with Gasteiger partial charge in [-0.1, -0.05) is 29.3 Å². The van der Waals surface area contributed by atoms with Crippen LogP contribution in [0.15, 0.2) is 47.4 Å². The maximum absolute atomic E-state index is 12.3. The molecule has 0 spiro atoms. The van der Waals surface area contributed by atoms with E-state index in [2.05, 4.69) is 0 Å². The lowest BCUT2D eigenvalue weighted by atomic mass is 10.0. The van der Waals surface area contributed by atoms with Gasteiger partial charge in [0.25, 0.3) is 0 Å². The van der Waals surface area contributed by atoms with E-state index >= 15 is 0 Å². The second-order valence-corrected chi connectivity index (χ2v) is 7.38. The zero-order valence-corrected chi connectivity index (χ0v) is 13.3. The van der Waals surface area contributed by atoms with Crippen molar-refractivity contribution in [2.24, 2.45) is 0 Å². The molecule has 0 atom stereocenters. The topological polar surface area (TPSA) is 51.2 Å². The molecule has 0 unspecified atom stereocenters. The Bertz CT molecular complexity index is 778. The van der Waals surface area contributed by atoms with Gasteiger partial charge in [-0.2, -0.15) is 0 Å². The Morgan fingerprint density at radius 2 is 1.67 bits per heavy atom. The van der Waals surface area contributed by atoms with E-state index in [1.165, 1.54) is 24.3 Å². The fourth-order valence-electron chi connectivity index (χ4n) is 2.01. The van der Waals surface area contributed by atoms with Crippen molar-refractivity contribution in [3.8, 4) is 0 Å². The molecule has 3 nitrogen and oxygen atoms in total. The van der Waals surface area contributed by atoms with Gasteiger partial charge in [0, 0.05) is 10.6 Å². The Labute approximate surface area is 129 Å². The van der Waals surface area contributed by atoms with Crippen LogP contribution in [0.2, 0.25) is 5.02 Å². The molecule has 0 aliphatic heterocycles. The van der Waals surface area contributed by atoms with E-state index in [1.807, 2.05) is 19.1 Å². The Morgan fingerprint density at radius 3 is 2.29 bits per heavy atom. The molecule has 2 aromatic rings. The van der Waals surface area contributed by atoms with Gasteiger partial charge in [-0.15, -0.1) is 0 Å². The molecule has 2 rings (SSSR count). The molecule has 0 saturated carbocycles. The zero-order chi connectivity index (χ0) is 15.6. The van der Waals surface area contributed by atoms with Gasteiger partial charge in [-0.3, -0.25) is 4.79 Å². The van der Waals surface area contributed by atoms with Crippen molar-refractivity contribution in [3.05, 3.63) is 64.2 Å². The smallest absolute Gasteiger partial charge is 0.185 e. The predicted molar refractivity (Wildman–Crippen MR) is 83.8 cm³/mol. The van der Waals surface area contributed by atoms with Crippen molar-refractivity contribution in [2.45, 2.75) is 18.7 Å². The predicted octanol–water partition coefficient (Wildman–Crippen LogP) is 3.61. The second kappa shape index (κ2) is 6.00. The van der Waals surface area contributed by atoms with Crippen LogP contribution in [-0.4, -0.2) is 20.0 Å². The lowest BCUT2D eigenvalue weighted by Crippen LogP contribution is -2.17. The first-order chi connectivity index (χ1) is 9.79. The van der Waals surface area contributed by atoms with Crippen LogP contribution in [0.3, 0.4) is 0 Å². The number of hydrogen-bond acceptors (Lipinski definition) is 3. The molecule has 110 valence electrons. The maximum Gasteiger partial charge on any atom is 0.185 e. The molecular weight excluding hydrogens is 308 g/mol. The third kappa shape index (κ3) is 3.71. The summed E-state index contributed by atoms with van der Waals surface area (Å²) >= 11 is 5.74. The Kier molecular flexibility index (Phi) is 4.49. The number of halogens is 1. The van der Waals surface area contributed by atoms with Crippen molar-refractivity contribution in [1.29, 1.82) is 0 Å². The van der Waals surface area contributed by atoms with Crippen LogP contribution >= 0.6 is 11.6 Å². The highest BCUT2D eigenvalue weighted by Gasteiger charge is 2.21. The van der Waals surface area contributed by atoms with E-state index in [-0.39, 0.29) is 4.90 Å². The fraction of sp³-hybridized carbons (Fsp3) is 0.188. The fourth-order valence-corrected chi connectivity index (χ4v) is 3.36. The lowest BCUT2D eigenvalue weighted by molar-refractivity contribution is 0.102. The van der Waals surface area contributed by atoms with Crippen LogP contribution in [0.5, 0.6) is 0 Å². The molecule has 0 aliphatic carbocycles. The molecular formula is C16H15ClO3S. The highest BCUT2D eigenvalue weighted by Crippen LogP contribution is 2.18. The maximum atomic E-state index is 12.3. The number of carbonyl (C=O) groups is 1. The molecule has 0 aromatic heterocycles. The summed E-state index contributed by atoms with van der Waals surface area (Å²) in [6, 6.07) is 11.2. The summed E-state index contributed by atoms with van der Waals surface area (Å²) in [4.78, 5) is 12.4. The van der Waals surface area contributed by atoms with Gasteiger partial charge in [-0.25, -0.2) is 8.42 Å². The lowest BCUT2D eigenvalue weighted by Gasteiger charge is -2.07. The van der Waals surface area contributed by atoms with Crippen LogP contribution in [-0.2, 0) is 9.84 Å². The van der Waals surface area contributed by atoms with Crippen molar-refractivity contribution in [1.82, 2.24) is 0 Å². The highest BCUT2D eigenvalue weighted by molar-refractivity contribution is 7.92. The number of hydrogen-bond donors (Lipinski definition) is 0. The monoisotopic (exact) mass is 322 g/mol. The van der Waals surface area contributed by atoms with Crippen molar-refractivity contribution < 1.29 is 13.2 Å². The van der Waals surface area contributed by atoms with Gasteiger partial charge < -0.3 is 0 Å². The Balaban J connectivity index is 2.30. The van der Waals surface area contributed by atoms with Crippen LogP contribution < -0.4 is 0 Å². The summed E-state index contributed by atoms with van der Waals surface area (Å²) in [7, 11) is -3.66. The second-order valence-electron chi connectivity index (χ2n) is 4.95. The van der Waals surface area contributed by atoms with Gasteiger partial charge in [0.1, 0.15) is 5.75 Å². The van der Waals surface area contributed by atoms with Crippen LogP contribution in [0.25, 0.3) is 0 Å². The average Bonchev–Trinajstić information content (AvgIpc) is 2.41. The number of rotatable bonds is 4. The van der Waals surface area contributed by atoms with E-state index < -0.39 is 21.4 Å². The number of Topliss-reactive ketones (excluding diaryl/α,β-unsaturated/α-hetero) is 1. The third-order valence-electron chi connectivity index (χ3n) is 3.19. The minimum atomic E-state index is -3.66. The van der Waals surface area contributed by atoms with E-state index in [1.54, 1.807) is 13.0 Å². The van der Waals surface area contributed by atoms with Gasteiger partial charge in [0.05, 0.1) is 4.90 Å². The van der Waals surface area contributed by atoms with E-state index in [0.29, 0.717) is 10.6 Å². The van der Waals surface area contributed by atoms with E-state index in [9.17, 15) is 13.2 Å². The van der Waals surface area contributed by atoms with Gasteiger partial charge in [-0.05, 0) is 49.7 Å². The number of carbonyl (C=O) groups excluding carboxylic acids is 1. The first-order valence-corrected chi connectivity index (χ1v) is 8.41. The van der Waals surface area contributed by atoms with Crippen LogP contribution in [0.4, 0.5) is 0 Å². The molecule has 0 bridgehead atoms. The third-order valence-corrected chi connectivity index (χ3v) is 5.07. The Morgan fingerprint density at radius 1 is 1.05 bits per heavy atom. The summed E-state index contributed by atoms with van der Waals surface area (Å²) < 4.78 is 24.5. The van der Waals surface area contributed by atoms with Crippen molar-refractivity contribution in [2.75, 3.05) is 5.75 Å². The van der Waals surface area contributed by atoms with Crippen molar-refractivity contribution in [3.63, 3.8) is 0 Å². The molecule has 2 aromatic carbocycles. The summed E-state index contributed by atoms with van der Waals surface area (Å²) in [5, 5.41) is 0.454. The minimum absolute atomic E-state index is 0.102. The SMILES string of the molecule is Cc1ccc(C)c(C(=O)CS(=O)(=O)c2ccc(Cl)cc2)c1. The summed E-state index contributed by atoms with van der Waals surface area (Å²) in [5.74, 6) is -0.940. The normalized spacial score (nSPS) is 11.4. The van der Waals surface area contributed by atoms with Gasteiger partial charge in [0.15, 0.2) is 15.6 Å². The van der Waals surface area contributed by atoms with Crippen LogP contribution in [0, 0.1) is 13.8 Å². The quantitative estimate of drug-likeness (QED) is 0.808. The number of aryl methyl sites for hydroxylation is 2. The molecule has 0 aliphatic rings. The zero-order valence-electron chi connectivity index (χ0n) is 11.8. The molecule has 21 heavy (non-hydrogen) atoms. The van der Waals surface area contributed by atoms with Gasteiger partial charge >= 0.3 is 0 Å². The number of benzene rings is 2. The molecule has 0 fully saturated rings. The largest absolute Gasteiger partial charge is 0.293 e. The highest BCUT2D eigenvalue weighted by atomic mass is 35.5.